The van der Waals surface area contributed by atoms with Gasteiger partial charge in [-0.2, -0.15) is 0 Å². The van der Waals surface area contributed by atoms with Gasteiger partial charge in [-0.3, -0.25) is 13.9 Å². The van der Waals surface area contributed by atoms with Crippen LogP contribution in [0.5, 0.6) is 0 Å². The summed E-state index contributed by atoms with van der Waals surface area (Å²) in [7, 11) is -4.14. The molecule has 0 spiro atoms. The highest BCUT2D eigenvalue weighted by Crippen LogP contribution is 2.29. The average Bonchev–Trinajstić information content (AvgIpc) is 2.92. The Morgan fingerprint density at radius 2 is 1.63 bits per heavy atom. The third kappa shape index (κ3) is 8.33. The summed E-state index contributed by atoms with van der Waals surface area (Å²) in [6, 6.07) is 18.4. The van der Waals surface area contributed by atoms with Crippen molar-refractivity contribution in [2.24, 2.45) is 0 Å². The maximum absolute atomic E-state index is 14.2. The van der Waals surface area contributed by atoms with Gasteiger partial charge in [0.25, 0.3) is 10.0 Å². The summed E-state index contributed by atoms with van der Waals surface area (Å²) >= 11 is 6.19. The van der Waals surface area contributed by atoms with E-state index in [4.69, 9.17) is 11.6 Å². The van der Waals surface area contributed by atoms with Crippen LogP contribution in [0.1, 0.15) is 55.4 Å². The molecule has 0 aromatic heterocycles. The molecule has 220 valence electrons. The SMILES string of the molecule is CCCCNC(=O)[C@@H](CC)N(Cc1cccc(C)c1)C(=O)CN(c1ccc(Cl)cc1C)S(=O)(=O)c1ccc(C)cc1. The zero-order valence-electron chi connectivity index (χ0n) is 24.5. The number of benzene rings is 3. The van der Waals surface area contributed by atoms with Gasteiger partial charge in [0, 0.05) is 18.1 Å². The quantitative estimate of drug-likeness (QED) is 0.238. The number of aryl methyl sites for hydroxylation is 3. The summed E-state index contributed by atoms with van der Waals surface area (Å²) in [5.41, 5.74) is 3.75. The second kappa shape index (κ2) is 14.5. The van der Waals surface area contributed by atoms with Crippen molar-refractivity contribution in [2.75, 3.05) is 17.4 Å². The van der Waals surface area contributed by atoms with Crippen LogP contribution in [0.4, 0.5) is 5.69 Å². The van der Waals surface area contributed by atoms with E-state index in [0.29, 0.717) is 29.2 Å². The minimum absolute atomic E-state index is 0.0693. The predicted molar refractivity (Wildman–Crippen MR) is 166 cm³/mol. The molecule has 1 atom stereocenters. The van der Waals surface area contributed by atoms with E-state index >= 15 is 0 Å². The van der Waals surface area contributed by atoms with Crippen molar-refractivity contribution in [3.05, 3.63) is 94.0 Å². The van der Waals surface area contributed by atoms with Crippen molar-refractivity contribution >= 4 is 39.1 Å². The zero-order chi connectivity index (χ0) is 30.2. The summed E-state index contributed by atoms with van der Waals surface area (Å²) in [6.45, 7) is 9.68. The molecule has 41 heavy (non-hydrogen) atoms. The highest BCUT2D eigenvalue weighted by molar-refractivity contribution is 7.92. The van der Waals surface area contributed by atoms with Crippen LogP contribution in [0.15, 0.2) is 71.6 Å². The molecule has 0 heterocycles. The maximum atomic E-state index is 14.2. The Morgan fingerprint density at radius 3 is 2.24 bits per heavy atom. The number of nitrogens with one attached hydrogen (secondary N) is 1. The fourth-order valence-electron chi connectivity index (χ4n) is 4.68. The van der Waals surface area contributed by atoms with Crippen LogP contribution >= 0.6 is 11.6 Å². The van der Waals surface area contributed by atoms with Gasteiger partial charge in [-0.15, -0.1) is 0 Å². The Hall–Kier alpha value is -3.36. The standard InChI is InChI=1S/C32H40ClN3O4S/c1-6-8-18-34-32(38)29(7-2)35(21-26-11-9-10-24(4)19-26)31(37)22-36(30-17-14-27(33)20-25(30)5)41(39,40)28-15-12-23(3)13-16-28/h9-17,19-20,29H,6-8,18,21-22H2,1-5H3,(H,34,38)/t29-/m1/s1. The molecule has 3 aromatic carbocycles. The van der Waals surface area contributed by atoms with Crippen molar-refractivity contribution in [1.29, 1.82) is 0 Å². The van der Waals surface area contributed by atoms with E-state index in [0.717, 1.165) is 33.8 Å². The van der Waals surface area contributed by atoms with Crippen LogP contribution in [0.2, 0.25) is 5.02 Å². The van der Waals surface area contributed by atoms with Crippen LogP contribution in [-0.4, -0.2) is 44.3 Å². The third-order valence-electron chi connectivity index (χ3n) is 6.97. The van der Waals surface area contributed by atoms with Gasteiger partial charge < -0.3 is 10.2 Å². The van der Waals surface area contributed by atoms with Crippen LogP contribution in [-0.2, 0) is 26.2 Å². The van der Waals surface area contributed by atoms with Gasteiger partial charge >= 0.3 is 0 Å². The normalized spacial score (nSPS) is 12.0. The summed E-state index contributed by atoms with van der Waals surface area (Å²) in [6.07, 6.45) is 2.13. The molecule has 0 bridgehead atoms. The highest BCUT2D eigenvalue weighted by Gasteiger charge is 2.34. The molecular formula is C32H40ClN3O4S. The lowest BCUT2D eigenvalue weighted by Crippen LogP contribution is -2.52. The van der Waals surface area contributed by atoms with Gasteiger partial charge in [-0.25, -0.2) is 8.42 Å². The van der Waals surface area contributed by atoms with Crippen molar-refractivity contribution in [2.45, 2.75) is 71.4 Å². The lowest BCUT2D eigenvalue weighted by atomic mass is 10.1. The molecular weight excluding hydrogens is 558 g/mol. The van der Waals surface area contributed by atoms with E-state index in [1.807, 2.05) is 52.0 Å². The van der Waals surface area contributed by atoms with Crippen molar-refractivity contribution in [3.8, 4) is 0 Å². The van der Waals surface area contributed by atoms with E-state index in [2.05, 4.69) is 5.32 Å². The number of sulfonamides is 1. The molecule has 0 radical (unpaired) electrons. The van der Waals surface area contributed by atoms with Crippen LogP contribution in [0.25, 0.3) is 0 Å². The van der Waals surface area contributed by atoms with Gasteiger partial charge in [-0.05, 0) is 75.1 Å². The summed E-state index contributed by atoms with van der Waals surface area (Å²) in [4.78, 5) is 29.0. The Bertz CT molecular complexity index is 1460. The second-order valence-corrected chi connectivity index (χ2v) is 12.6. The van der Waals surface area contributed by atoms with Gasteiger partial charge in [0.05, 0.1) is 10.6 Å². The largest absolute Gasteiger partial charge is 0.354 e. The fraction of sp³-hybridized carbons (Fsp3) is 0.375. The molecule has 0 unspecified atom stereocenters. The van der Waals surface area contributed by atoms with Crippen LogP contribution < -0.4 is 9.62 Å². The van der Waals surface area contributed by atoms with Gasteiger partial charge in [0.1, 0.15) is 12.6 Å². The van der Waals surface area contributed by atoms with Crippen LogP contribution in [0.3, 0.4) is 0 Å². The molecule has 2 amide bonds. The first-order chi connectivity index (χ1) is 19.5. The number of hydrogen-bond acceptors (Lipinski definition) is 4. The summed E-state index contributed by atoms with van der Waals surface area (Å²) < 4.78 is 29.2. The molecule has 1 N–H and O–H groups in total. The second-order valence-electron chi connectivity index (χ2n) is 10.3. The number of halogens is 1. The number of amides is 2. The van der Waals surface area contributed by atoms with Crippen molar-refractivity contribution < 1.29 is 18.0 Å². The van der Waals surface area contributed by atoms with Crippen molar-refractivity contribution in [1.82, 2.24) is 10.2 Å². The Morgan fingerprint density at radius 1 is 0.927 bits per heavy atom. The van der Waals surface area contributed by atoms with Crippen LogP contribution in [0, 0.1) is 20.8 Å². The van der Waals surface area contributed by atoms with E-state index < -0.39 is 28.5 Å². The fourth-order valence-corrected chi connectivity index (χ4v) is 6.39. The topological polar surface area (TPSA) is 86.8 Å². The van der Waals surface area contributed by atoms with Gasteiger partial charge in [0.15, 0.2) is 0 Å². The van der Waals surface area contributed by atoms with E-state index in [1.165, 1.54) is 17.0 Å². The average molecular weight is 598 g/mol. The Balaban J connectivity index is 2.07. The smallest absolute Gasteiger partial charge is 0.264 e. The van der Waals surface area contributed by atoms with Crippen molar-refractivity contribution in [3.63, 3.8) is 0 Å². The number of hydrogen-bond donors (Lipinski definition) is 1. The number of carbonyl (C=O) groups excluding carboxylic acids is 2. The molecule has 0 fully saturated rings. The lowest BCUT2D eigenvalue weighted by molar-refractivity contribution is -0.140. The zero-order valence-corrected chi connectivity index (χ0v) is 26.1. The molecule has 7 nitrogen and oxygen atoms in total. The molecule has 0 aliphatic rings. The predicted octanol–water partition coefficient (Wildman–Crippen LogP) is 6.18. The molecule has 0 saturated heterocycles. The minimum Gasteiger partial charge on any atom is -0.354 e. The lowest BCUT2D eigenvalue weighted by Gasteiger charge is -2.33. The van der Waals surface area contributed by atoms with Gasteiger partial charge in [0.2, 0.25) is 11.8 Å². The first kappa shape index (κ1) is 32.2. The number of nitrogens with zero attached hydrogens (tertiary/aromatic N) is 2. The van der Waals surface area contributed by atoms with E-state index in [-0.39, 0.29) is 17.3 Å². The maximum Gasteiger partial charge on any atom is 0.264 e. The Labute approximate surface area is 249 Å². The molecule has 0 aliphatic carbocycles. The highest BCUT2D eigenvalue weighted by atomic mass is 35.5. The van der Waals surface area contributed by atoms with Gasteiger partial charge in [-0.1, -0.05) is 79.4 Å². The molecule has 9 heteroatoms. The molecule has 3 aromatic rings. The molecule has 0 aliphatic heterocycles. The third-order valence-corrected chi connectivity index (χ3v) is 8.98. The Kier molecular flexibility index (Phi) is 11.4. The van der Waals surface area contributed by atoms with E-state index in [1.54, 1.807) is 37.3 Å². The van der Waals surface area contributed by atoms with E-state index in [9.17, 15) is 18.0 Å². The first-order valence-electron chi connectivity index (χ1n) is 14.0. The number of carbonyl (C=O) groups is 2. The number of rotatable bonds is 13. The number of anilines is 1. The molecule has 3 rings (SSSR count). The summed E-state index contributed by atoms with van der Waals surface area (Å²) in [5, 5.41) is 3.41. The minimum atomic E-state index is -4.14. The monoisotopic (exact) mass is 597 g/mol. The molecule has 0 saturated carbocycles. The number of unbranched alkanes of at least 4 members (excludes halogenated alkanes) is 1. The first-order valence-corrected chi connectivity index (χ1v) is 15.8. The summed E-state index contributed by atoms with van der Waals surface area (Å²) in [5.74, 6) is -0.730.